The largest absolute Gasteiger partial charge is 0.299 e. The molecule has 0 bridgehead atoms. The van der Waals surface area contributed by atoms with Crippen molar-refractivity contribution in [1.29, 1.82) is 0 Å². The van der Waals surface area contributed by atoms with Crippen LogP contribution in [0.15, 0.2) is 23.3 Å². The van der Waals surface area contributed by atoms with Gasteiger partial charge in [0, 0.05) is 20.0 Å². The maximum Gasteiger partial charge on any atom is 0.128 e. The molecule has 3 rings (SSSR count). The summed E-state index contributed by atoms with van der Waals surface area (Å²) < 4.78 is 2.76. The molecule has 4 atom stereocenters. The first-order chi connectivity index (χ1) is 12.3. The van der Waals surface area contributed by atoms with E-state index >= 15 is 0 Å². The molecular formula is C22H41N3Si. The lowest BCUT2D eigenvalue weighted by molar-refractivity contribution is 0.282. The van der Waals surface area contributed by atoms with E-state index in [-0.39, 0.29) is 0 Å². The molecule has 3 aliphatic rings. The van der Waals surface area contributed by atoms with Crippen molar-refractivity contribution >= 4 is 8.24 Å². The zero-order valence-corrected chi connectivity index (χ0v) is 19.1. The van der Waals surface area contributed by atoms with Crippen LogP contribution in [0, 0.1) is 29.6 Å². The first kappa shape index (κ1) is 20.3. The Morgan fingerprint density at radius 1 is 1.12 bits per heavy atom. The third kappa shape index (κ3) is 3.63. The minimum Gasteiger partial charge on any atom is -0.299 e. The van der Waals surface area contributed by atoms with Crippen LogP contribution in [0.5, 0.6) is 0 Å². The summed E-state index contributed by atoms with van der Waals surface area (Å²) in [5, 5.41) is 7.08. The fourth-order valence-corrected chi connectivity index (χ4v) is 9.36. The number of hydrogen-bond donors (Lipinski definition) is 2. The molecule has 4 heteroatoms. The van der Waals surface area contributed by atoms with Crippen molar-refractivity contribution in [2.24, 2.45) is 29.6 Å². The molecule has 0 aromatic heterocycles. The maximum atomic E-state index is 3.54. The van der Waals surface area contributed by atoms with E-state index in [1.54, 1.807) is 11.1 Å². The van der Waals surface area contributed by atoms with Crippen molar-refractivity contribution in [3.63, 3.8) is 0 Å². The van der Waals surface area contributed by atoms with E-state index in [1.807, 2.05) is 0 Å². The van der Waals surface area contributed by atoms with Gasteiger partial charge in [0.2, 0.25) is 0 Å². The Morgan fingerprint density at radius 2 is 1.77 bits per heavy atom. The summed E-state index contributed by atoms with van der Waals surface area (Å²) in [6.07, 6.45) is 8.04. The Hall–Kier alpha value is -0.423. The molecule has 0 radical (unpaired) electrons. The monoisotopic (exact) mass is 375 g/mol. The molecule has 148 valence electrons. The maximum absolute atomic E-state index is 3.54. The second-order valence-electron chi connectivity index (χ2n) is 9.92. The zero-order chi connectivity index (χ0) is 19.1. The summed E-state index contributed by atoms with van der Waals surface area (Å²) in [6.45, 7) is 20.3. The van der Waals surface area contributed by atoms with Crippen molar-refractivity contribution in [2.45, 2.75) is 66.1 Å². The minimum absolute atomic E-state index is 0.633. The van der Waals surface area contributed by atoms with Crippen molar-refractivity contribution in [2.75, 3.05) is 20.0 Å². The number of hydrogen-bond acceptors (Lipinski definition) is 3. The van der Waals surface area contributed by atoms with Crippen molar-refractivity contribution in [3.05, 3.63) is 23.3 Å². The smallest absolute Gasteiger partial charge is 0.128 e. The second kappa shape index (κ2) is 7.90. The first-order valence-corrected chi connectivity index (χ1v) is 13.9. The van der Waals surface area contributed by atoms with Gasteiger partial charge >= 0.3 is 0 Å². The number of fused-ring (bicyclic) bond motifs is 1. The molecule has 3 unspecified atom stereocenters. The van der Waals surface area contributed by atoms with Gasteiger partial charge in [0.05, 0.1) is 0 Å². The van der Waals surface area contributed by atoms with Crippen LogP contribution >= 0.6 is 0 Å². The molecule has 3 nitrogen and oxygen atoms in total. The lowest BCUT2D eigenvalue weighted by Gasteiger charge is -2.46. The van der Waals surface area contributed by atoms with Gasteiger partial charge in [0.25, 0.3) is 0 Å². The number of allylic oxidation sites excluding steroid dienone is 4. The third-order valence-electron chi connectivity index (χ3n) is 7.48. The van der Waals surface area contributed by atoms with Gasteiger partial charge in [-0.05, 0) is 47.1 Å². The van der Waals surface area contributed by atoms with Gasteiger partial charge in [0.15, 0.2) is 0 Å². The molecule has 0 amide bonds. The van der Waals surface area contributed by atoms with Gasteiger partial charge in [-0.25, -0.2) is 0 Å². The van der Waals surface area contributed by atoms with Crippen LogP contribution in [0.25, 0.3) is 0 Å². The predicted molar refractivity (Wildman–Crippen MR) is 115 cm³/mol. The highest BCUT2D eigenvalue weighted by molar-refractivity contribution is 6.76. The van der Waals surface area contributed by atoms with Gasteiger partial charge in [-0.2, -0.15) is 0 Å². The molecule has 2 fully saturated rings. The van der Waals surface area contributed by atoms with Crippen molar-refractivity contribution in [3.8, 4) is 0 Å². The highest BCUT2D eigenvalue weighted by Crippen LogP contribution is 2.58. The normalized spacial score (nSPS) is 33.4. The summed E-state index contributed by atoms with van der Waals surface area (Å²) in [6, 6.07) is 0. The van der Waals surface area contributed by atoms with Gasteiger partial charge in [-0.3, -0.25) is 15.2 Å². The first-order valence-electron chi connectivity index (χ1n) is 10.9. The van der Waals surface area contributed by atoms with Gasteiger partial charge in [-0.1, -0.05) is 71.9 Å². The molecular weight excluding hydrogens is 334 g/mol. The van der Waals surface area contributed by atoms with E-state index in [1.165, 1.54) is 12.8 Å². The highest BCUT2D eigenvalue weighted by Gasteiger charge is 2.52. The SMILES string of the molecule is CC[C@H]1CC([Si](C)(C)N2CNCNC2)C2C=C(C(C)C)C=C(C(C)C)C21. The topological polar surface area (TPSA) is 27.3 Å². The van der Waals surface area contributed by atoms with Crippen LogP contribution in [-0.4, -0.2) is 32.8 Å². The van der Waals surface area contributed by atoms with Crippen molar-refractivity contribution in [1.82, 2.24) is 15.2 Å². The second-order valence-corrected chi connectivity index (χ2v) is 14.6. The average Bonchev–Trinajstić information content (AvgIpc) is 3.01. The zero-order valence-electron chi connectivity index (χ0n) is 18.1. The van der Waals surface area contributed by atoms with E-state index < -0.39 is 8.24 Å². The third-order valence-corrected chi connectivity index (χ3v) is 11.9. The van der Waals surface area contributed by atoms with Crippen LogP contribution in [0.3, 0.4) is 0 Å². The van der Waals surface area contributed by atoms with E-state index in [4.69, 9.17) is 0 Å². The Kier molecular flexibility index (Phi) is 6.17. The van der Waals surface area contributed by atoms with Crippen LogP contribution in [0.4, 0.5) is 0 Å². The summed E-state index contributed by atoms with van der Waals surface area (Å²) >= 11 is 0. The van der Waals surface area contributed by atoms with Crippen molar-refractivity contribution < 1.29 is 0 Å². The molecule has 2 N–H and O–H groups in total. The van der Waals surface area contributed by atoms with E-state index in [0.717, 1.165) is 43.3 Å². The predicted octanol–water partition coefficient (Wildman–Crippen LogP) is 4.77. The van der Waals surface area contributed by atoms with E-state index in [0.29, 0.717) is 11.8 Å². The quantitative estimate of drug-likeness (QED) is 0.678. The molecule has 0 spiro atoms. The lowest BCUT2D eigenvalue weighted by atomic mass is 9.72. The molecule has 0 aromatic rings. The number of rotatable bonds is 5. The van der Waals surface area contributed by atoms with Gasteiger partial charge in [-0.15, -0.1) is 0 Å². The molecule has 1 aliphatic heterocycles. The van der Waals surface area contributed by atoms with Crippen LogP contribution < -0.4 is 10.6 Å². The Morgan fingerprint density at radius 3 is 2.31 bits per heavy atom. The van der Waals surface area contributed by atoms with Gasteiger partial charge in [0.1, 0.15) is 8.24 Å². The summed E-state index contributed by atoms with van der Waals surface area (Å²) in [5.74, 6) is 3.70. The fraction of sp³-hybridized carbons (Fsp3) is 0.818. The Balaban J connectivity index is 1.97. The molecule has 0 aromatic carbocycles. The summed E-state index contributed by atoms with van der Waals surface area (Å²) in [5.41, 5.74) is 4.20. The average molecular weight is 376 g/mol. The highest BCUT2D eigenvalue weighted by atomic mass is 28.3. The molecule has 26 heavy (non-hydrogen) atoms. The van der Waals surface area contributed by atoms with E-state index in [9.17, 15) is 0 Å². The molecule has 1 saturated heterocycles. The summed E-state index contributed by atoms with van der Waals surface area (Å²) in [7, 11) is -1.53. The molecule has 1 saturated carbocycles. The van der Waals surface area contributed by atoms with Gasteiger partial charge < -0.3 is 0 Å². The fourth-order valence-electron chi connectivity index (χ4n) is 5.73. The van der Waals surface area contributed by atoms with Crippen LogP contribution in [0.2, 0.25) is 18.6 Å². The standard InChI is InChI=1S/C22H41N3Si/c1-8-17-11-21(26(6,7)25-13-23-12-24-14-25)20-10-18(15(2)3)9-19(16(4)5)22(17)20/h9-10,15-17,20-24H,8,11-14H2,1-7H3/t17-,20?,21?,22?/m0/s1. The van der Waals surface area contributed by atoms with E-state index in [2.05, 4.69) is 75.1 Å². The molecule has 2 aliphatic carbocycles. The molecule has 1 heterocycles. The minimum atomic E-state index is -1.53. The van der Waals surface area contributed by atoms with Crippen LogP contribution in [0.1, 0.15) is 47.5 Å². The summed E-state index contributed by atoms with van der Waals surface area (Å²) in [4.78, 5) is 0. The lowest BCUT2D eigenvalue weighted by Crippen LogP contribution is -2.63. The number of nitrogens with one attached hydrogen (secondary N) is 2. The Labute approximate surface area is 162 Å². The number of nitrogens with zero attached hydrogens (tertiary/aromatic N) is 1. The Bertz CT molecular complexity index is 558. The van der Waals surface area contributed by atoms with Crippen LogP contribution in [-0.2, 0) is 0 Å².